The minimum atomic E-state index is -0.699. The van der Waals surface area contributed by atoms with Gasteiger partial charge in [-0.1, -0.05) is 31.5 Å². The molecule has 0 N–H and O–H groups in total. The van der Waals surface area contributed by atoms with E-state index in [1.807, 2.05) is 25.1 Å². The Balaban J connectivity index is 2.47. The predicted molar refractivity (Wildman–Crippen MR) is 102 cm³/mol. The van der Waals surface area contributed by atoms with Gasteiger partial charge in [-0.15, -0.1) is 0 Å². The normalized spacial score (nSPS) is 10.3. The highest BCUT2D eigenvalue weighted by atomic mass is 16.6. The zero-order valence-electron chi connectivity index (χ0n) is 15.4. The van der Waals surface area contributed by atoms with E-state index in [4.69, 9.17) is 4.74 Å². The molecule has 0 spiro atoms. The molecule has 7 heteroatoms. The molecule has 2 aromatic rings. The van der Waals surface area contributed by atoms with Gasteiger partial charge in [0.1, 0.15) is 0 Å². The van der Waals surface area contributed by atoms with Crippen molar-refractivity contribution in [2.75, 3.05) is 18.1 Å². The number of amides is 1. The molecule has 0 bridgehead atoms. The van der Waals surface area contributed by atoms with Crippen LogP contribution in [0.5, 0.6) is 0 Å². The van der Waals surface area contributed by atoms with Crippen molar-refractivity contribution >= 4 is 23.3 Å². The second kappa shape index (κ2) is 9.47. The van der Waals surface area contributed by atoms with Gasteiger partial charge in [-0.05, 0) is 31.5 Å². The summed E-state index contributed by atoms with van der Waals surface area (Å²) in [7, 11) is 0. The highest BCUT2D eigenvalue weighted by Gasteiger charge is 2.23. The standard InChI is InChI=1S/C20H22N2O5/c1-3-5-11-21(17-9-7-6-8-10-17)19(23)15-12-16(20(24)27-4-2)14-18(13-15)22(25)26/h6-10,12-14H,3-5,11H2,1-2H3. The largest absolute Gasteiger partial charge is 0.462 e. The number of anilines is 1. The maximum Gasteiger partial charge on any atom is 0.338 e. The lowest BCUT2D eigenvalue weighted by Gasteiger charge is -2.23. The summed E-state index contributed by atoms with van der Waals surface area (Å²) in [5.41, 5.74) is 0.428. The SMILES string of the molecule is CCCCN(C(=O)c1cc(C(=O)OCC)cc([N+](=O)[O-])c1)c1ccccc1. The number of nitro groups is 1. The molecule has 7 nitrogen and oxygen atoms in total. The molecule has 0 unspecified atom stereocenters. The van der Waals surface area contributed by atoms with Crippen molar-refractivity contribution in [3.8, 4) is 0 Å². The number of hydrogen-bond donors (Lipinski definition) is 0. The van der Waals surface area contributed by atoms with Gasteiger partial charge in [0.25, 0.3) is 11.6 Å². The number of unbranched alkanes of at least 4 members (excludes halogenated alkanes) is 1. The molecule has 2 rings (SSSR count). The van der Waals surface area contributed by atoms with Crippen molar-refractivity contribution < 1.29 is 19.2 Å². The van der Waals surface area contributed by atoms with E-state index in [-0.39, 0.29) is 23.4 Å². The fraction of sp³-hybridized carbons (Fsp3) is 0.300. The van der Waals surface area contributed by atoms with Crippen molar-refractivity contribution in [1.82, 2.24) is 0 Å². The van der Waals surface area contributed by atoms with Crippen LogP contribution < -0.4 is 4.90 Å². The van der Waals surface area contributed by atoms with Crippen LogP contribution in [-0.4, -0.2) is 30.0 Å². The third kappa shape index (κ3) is 5.13. The molecule has 2 aromatic carbocycles. The van der Waals surface area contributed by atoms with Gasteiger partial charge in [-0.25, -0.2) is 4.79 Å². The van der Waals surface area contributed by atoms with Gasteiger partial charge < -0.3 is 9.64 Å². The first-order valence-corrected chi connectivity index (χ1v) is 8.81. The molecule has 0 radical (unpaired) electrons. The predicted octanol–water partition coefficient (Wildman–Crippen LogP) is 4.22. The summed E-state index contributed by atoms with van der Waals surface area (Å²) in [5.74, 6) is -1.10. The zero-order valence-corrected chi connectivity index (χ0v) is 15.4. The second-order valence-corrected chi connectivity index (χ2v) is 5.89. The summed E-state index contributed by atoms with van der Waals surface area (Å²) >= 11 is 0. The lowest BCUT2D eigenvalue weighted by molar-refractivity contribution is -0.384. The fourth-order valence-corrected chi connectivity index (χ4v) is 2.60. The summed E-state index contributed by atoms with van der Waals surface area (Å²) in [6.07, 6.45) is 1.67. The van der Waals surface area contributed by atoms with Crippen LogP contribution in [0.25, 0.3) is 0 Å². The lowest BCUT2D eigenvalue weighted by Crippen LogP contribution is -2.32. The Hall–Kier alpha value is -3.22. The highest BCUT2D eigenvalue weighted by molar-refractivity contribution is 6.07. The molecular formula is C20H22N2O5. The average molecular weight is 370 g/mol. The van der Waals surface area contributed by atoms with E-state index in [0.29, 0.717) is 12.2 Å². The number of carbonyl (C=O) groups excluding carboxylic acids is 2. The molecule has 0 fully saturated rings. The first-order valence-electron chi connectivity index (χ1n) is 8.81. The molecule has 1 amide bonds. The van der Waals surface area contributed by atoms with Gasteiger partial charge in [-0.3, -0.25) is 14.9 Å². The Morgan fingerprint density at radius 2 is 1.74 bits per heavy atom. The molecule has 0 heterocycles. The number of para-hydroxylation sites is 1. The Kier molecular flexibility index (Phi) is 7.05. The number of non-ortho nitro benzene ring substituents is 1. The summed E-state index contributed by atoms with van der Waals surface area (Å²) in [4.78, 5) is 37.3. The Labute approximate surface area is 157 Å². The summed E-state index contributed by atoms with van der Waals surface area (Å²) in [5, 5.41) is 11.2. The smallest absolute Gasteiger partial charge is 0.338 e. The molecule has 0 atom stereocenters. The van der Waals surface area contributed by atoms with Crippen LogP contribution >= 0.6 is 0 Å². The molecule has 142 valence electrons. The Morgan fingerprint density at radius 1 is 1.07 bits per heavy atom. The van der Waals surface area contributed by atoms with Gasteiger partial charge >= 0.3 is 5.97 Å². The summed E-state index contributed by atoms with van der Waals surface area (Å²) in [6, 6.07) is 12.7. The lowest BCUT2D eigenvalue weighted by atomic mass is 10.1. The van der Waals surface area contributed by atoms with Gasteiger partial charge in [0.15, 0.2) is 0 Å². The molecule has 0 saturated heterocycles. The number of nitrogens with zero attached hydrogens (tertiary/aromatic N) is 2. The second-order valence-electron chi connectivity index (χ2n) is 5.89. The quantitative estimate of drug-likeness (QED) is 0.394. The molecule has 0 aromatic heterocycles. The Morgan fingerprint density at radius 3 is 2.33 bits per heavy atom. The molecule has 0 aliphatic rings. The summed E-state index contributed by atoms with van der Waals surface area (Å²) < 4.78 is 4.92. The third-order valence-corrected chi connectivity index (χ3v) is 3.93. The van der Waals surface area contributed by atoms with Crippen molar-refractivity contribution in [3.05, 3.63) is 69.8 Å². The van der Waals surface area contributed by atoms with Gasteiger partial charge in [-0.2, -0.15) is 0 Å². The van der Waals surface area contributed by atoms with Gasteiger partial charge in [0.2, 0.25) is 0 Å². The minimum Gasteiger partial charge on any atom is -0.462 e. The van der Waals surface area contributed by atoms with Crippen molar-refractivity contribution in [2.45, 2.75) is 26.7 Å². The maximum atomic E-state index is 13.1. The molecule has 27 heavy (non-hydrogen) atoms. The number of carbonyl (C=O) groups is 2. The molecule has 0 saturated carbocycles. The van der Waals surface area contributed by atoms with E-state index >= 15 is 0 Å². The van der Waals surface area contributed by atoms with Crippen LogP contribution in [0.2, 0.25) is 0 Å². The van der Waals surface area contributed by atoms with Crippen molar-refractivity contribution in [2.24, 2.45) is 0 Å². The average Bonchev–Trinajstić information content (AvgIpc) is 2.68. The van der Waals surface area contributed by atoms with Crippen LogP contribution in [0, 0.1) is 10.1 Å². The number of benzene rings is 2. The minimum absolute atomic E-state index is 0.0158. The monoisotopic (exact) mass is 370 g/mol. The maximum absolute atomic E-state index is 13.1. The van der Waals surface area contributed by atoms with Gasteiger partial charge in [0.05, 0.1) is 17.1 Å². The Bertz CT molecular complexity index is 820. The third-order valence-electron chi connectivity index (χ3n) is 3.93. The number of rotatable bonds is 8. The number of esters is 1. The van der Waals surface area contributed by atoms with Gasteiger partial charge in [0, 0.05) is 29.9 Å². The first-order chi connectivity index (χ1) is 13.0. The topological polar surface area (TPSA) is 89.8 Å². The van der Waals surface area contributed by atoms with E-state index < -0.39 is 16.8 Å². The van der Waals surface area contributed by atoms with E-state index in [1.54, 1.807) is 24.0 Å². The first kappa shape index (κ1) is 20.1. The van der Waals surface area contributed by atoms with Crippen LogP contribution in [-0.2, 0) is 4.74 Å². The van der Waals surface area contributed by atoms with Crippen LogP contribution in [0.4, 0.5) is 11.4 Å². The summed E-state index contributed by atoms with van der Waals surface area (Å²) in [6.45, 7) is 4.26. The highest BCUT2D eigenvalue weighted by Crippen LogP contribution is 2.23. The van der Waals surface area contributed by atoms with E-state index in [2.05, 4.69) is 0 Å². The zero-order chi connectivity index (χ0) is 19.8. The number of hydrogen-bond acceptors (Lipinski definition) is 5. The van der Waals surface area contributed by atoms with Crippen LogP contribution in [0.15, 0.2) is 48.5 Å². The van der Waals surface area contributed by atoms with E-state index in [9.17, 15) is 19.7 Å². The van der Waals surface area contributed by atoms with E-state index in [0.717, 1.165) is 18.9 Å². The van der Waals surface area contributed by atoms with E-state index in [1.165, 1.54) is 12.1 Å². The fourth-order valence-electron chi connectivity index (χ4n) is 2.60. The number of nitro benzene ring substituents is 1. The molecule has 0 aliphatic carbocycles. The molecule has 0 aliphatic heterocycles. The van der Waals surface area contributed by atoms with Crippen LogP contribution in [0.3, 0.4) is 0 Å². The number of ether oxygens (including phenoxy) is 1. The van der Waals surface area contributed by atoms with Crippen molar-refractivity contribution in [1.29, 1.82) is 0 Å². The van der Waals surface area contributed by atoms with Crippen molar-refractivity contribution in [3.63, 3.8) is 0 Å². The molecular weight excluding hydrogens is 348 g/mol. The van der Waals surface area contributed by atoms with Crippen LogP contribution in [0.1, 0.15) is 47.4 Å².